The molecule has 1 atom stereocenters. The molecule has 0 aliphatic carbocycles. The van der Waals surface area contributed by atoms with Gasteiger partial charge >= 0.3 is 6.03 Å². The van der Waals surface area contributed by atoms with Gasteiger partial charge in [0, 0.05) is 35.8 Å². The van der Waals surface area contributed by atoms with E-state index in [9.17, 15) is 4.79 Å². The predicted octanol–water partition coefficient (Wildman–Crippen LogP) is 3.37. The molecule has 2 heterocycles. The monoisotopic (exact) mass is 346 g/mol. The van der Waals surface area contributed by atoms with Crippen LogP contribution in [0.25, 0.3) is 0 Å². The predicted molar refractivity (Wildman–Crippen MR) is 92.4 cm³/mol. The first-order chi connectivity index (χ1) is 11.6. The van der Waals surface area contributed by atoms with E-state index in [1.165, 1.54) is 0 Å². The lowest BCUT2D eigenvalue weighted by atomic mass is 10.1. The summed E-state index contributed by atoms with van der Waals surface area (Å²) in [7, 11) is 0. The number of benzene rings is 1. The van der Waals surface area contributed by atoms with Gasteiger partial charge in [0.2, 0.25) is 5.88 Å². The van der Waals surface area contributed by atoms with Crippen molar-refractivity contribution in [2.24, 2.45) is 5.92 Å². The number of likely N-dealkylation sites (tertiary alicyclic amines) is 1. The molecule has 0 bridgehead atoms. The number of hydrogen-bond donors (Lipinski definition) is 1. The van der Waals surface area contributed by atoms with Crippen LogP contribution in [0.1, 0.15) is 12.1 Å². The van der Waals surface area contributed by atoms with E-state index >= 15 is 0 Å². The minimum atomic E-state index is -0.116. The Morgan fingerprint density at radius 3 is 3.00 bits per heavy atom. The van der Waals surface area contributed by atoms with Crippen LogP contribution < -0.4 is 10.1 Å². The van der Waals surface area contributed by atoms with E-state index < -0.39 is 0 Å². The number of aromatic nitrogens is 2. The van der Waals surface area contributed by atoms with Gasteiger partial charge in [0.15, 0.2) is 0 Å². The van der Waals surface area contributed by atoms with Crippen molar-refractivity contribution < 1.29 is 9.53 Å². The van der Waals surface area contributed by atoms with Crippen molar-refractivity contribution in [1.29, 1.82) is 0 Å². The first-order valence-electron chi connectivity index (χ1n) is 7.85. The van der Waals surface area contributed by atoms with Gasteiger partial charge in [-0.2, -0.15) is 5.10 Å². The summed E-state index contributed by atoms with van der Waals surface area (Å²) in [6.45, 7) is 3.77. The third-order valence-electron chi connectivity index (χ3n) is 3.89. The highest BCUT2D eigenvalue weighted by Crippen LogP contribution is 2.20. The van der Waals surface area contributed by atoms with Crippen LogP contribution in [0.2, 0.25) is 5.02 Å². The topological polar surface area (TPSA) is 67.3 Å². The van der Waals surface area contributed by atoms with Crippen LogP contribution in [0.5, 0.6) is 5.88 Å². The second-order valence-electron chi connectivity index (χ2n) is 5.87. The highest BCUT2D eigenvalue weighted by atomic mass is 35.5. The largest absolute Gasteiger partial charge is 0.476 e. The van der Waals surface area contributed by atoms with Crippen LogP contribution in [-0.2, 0) is 0 Å². The third-order valence-corrected chi connectivity index (χ3v) is 4.12. The maximum absolute atomic E-state index is 12.3. The third kappa shape index (κ3) is 4.35. The van der Waals surface area contributed by atoms with E-state index in [2.05, 4.69) is 15.5 Å². The molecule has 2 amide bonds. The molecule has 3 rings (SSSR count). The molecule has 0 spiro atoms. The van der Waals surface area contributed by atoms with Gasteiger partial charge in [0.05, 0.1) is 12.3 Å². The summed E-state index contributed by atoms with van der Waals surface area (Å²) in [6, 6.07) is 10.7. The maximum Gasteiger partial charge on any atom is 0.321 e. The minimum absolute atomic E-state index is 0.116. The van der Waals surface area contributed by atoms with E-state index in [4.69, 9.17) is 16.3 Å². The fourth-order valence-electron chi connectivity index (χ4n) is 2.59. The Hall–Kier alpha value is -2.34. The average Bonchev–Trinajstić information content (AvgIpc) is 3.03. The second kappa shape index (κ2) is 7.49. The van der Waals surface area contributed by atoms with Crippen molar-refractivity contribution in [3.8, 4) is 5.88 Å². The number of hydrogen-bond acceptors (Lipinski definition) is 4. The highest BCUT2D eigenvalue weighted by Gasteiger charge is 2.27. The fourth-order valence-corrected chi connectivity index (χ4v) is 2.78. The first-order valence-corrected chi connectivity index (χ1v) is 8.22. The van der Waals surface area contributed by atoms with Crippen LogP contribution >= 0.6 is 11.6 Å². The number of carbonyl (C=O) groups excluding carboxylic acids is 1. The molecule has 6 nitrogen and oxygen atoms in total. The summed E-state index contributed by atoms with van der Waals surface area (Å²) in [5, 5.41) is 11.4. The normalized spacial score (nSPS) is 16.9. The molecule has 1 aromatic heterocycles. The van der Waals surface area contributed by atoms with E-state index in [-0.39, 0.29) is 6.03 Å². The molecule has 126 valence electrons. The summed E-state index contributed by atoms with van der Waals surface area (Å²) in [6.07, 6.45) is 0.905. The molecule has 1 saturated heterocycles. The zero-order valence-corrected chi connectivity index (χ0v) is 14.2. The number of carbonyl (C=O) groups is 1. The smallest absolute Gasteiger partial charge is 0.321 e. The molecule has 1 aromatic carbocycles. The summed E-state index contributed by atoms with van der Waals surface area (Å²) in [5.74, 6) is 0.806. The summed E-state index contributed by atoms with van der Waals surface area (Å²) < 4.78 is 5.66. The Morgan fingerprint density at radius 2 is 2.25 bits per heavy atom. The van der Waals surface area contributed by atoms with Gasteiger partial charge in [-0.1, -0.05) is 17.7 Å². The number of halogens is 1. The molecule has 1 N–H and O–H groups in total. The quantitative estimate of drug-likeness (QED) is 0.921. The SMILES string of the molecule is Cc1ccc(OCC2CCN(C(=O)Nc3cccc(Cl)c3)C2)nn1. The number of urea groups is 1. The Kier molecular flexibility index (Phi) is 5.15. The lowest BCUT2D eigenvalue weighted by Gasteiger charge is -2.17. The molecule has 7 heteroatoms. The van der Waals surface area contributed by atoms with Gasteiger partial charge in [-0.3, -0.25) is 0 Å². The molecule has 0 saturated carbocycles. The molecule has 24 heavy (non-hydrogen) atoms. The number of nitrogens with one attached hydrogen (secondary N) is 1. The van der Waals surface area contributed by atoms with E-state index in [1.807, 2.05) is 19.1 Å². The molecular weight excluding hydrogens is 328 g/mol. The zero-order valence-electron chi connectivity index (χ0n) is 13.4. The summed E-state index contributed by atoms with van der Waals surface area (Å²) >= 11 is 5.93. The lowest BCUT2D eigenvalue weighted by molar-refractivity contribution is 0.212. The number of aryl methyl sites for hydroxylation is 1. The van der Waals surface area contributed by atoms with E-state index in [0.717, 1.165) is 12.1 Å². The Bertz CT molecular complexity index is 708. The first kappa shape index (κ1) is 16.5. The van der Waals surface area contributed by atoms with Crippen molar-refractivity contribution in [2.75, 3.05) is 25.0 Å². The molecule has 1 aliphatic heterocycles. The van der Waals surface area contributed by atoms with Crippen LogP contribution in [-0.4, -0.2) is 40.8 Å². The van der Waals surface area contributed by atoms with Gasteiger partial charge in [-0.05, 0) is 37.6 Å². The van der Waals surface area contributed by atoms with Crippen LogP contribution in [0.4, 0.5) is 10.5 Å². The number of nitrogens with zero attached hydrogens (tertiary/aromatic N) is 3. The lowest BCUT2D eigenvalue weighted by Crippen LogP contribution is -2.33. The van der Waals surface area contributed by atoms with Crippen LogP contribution in [0.3, 0.4) is 0 Å². The summed E-state index contributed by atoms with van der Waals surface area (Å²) in [4.78, 5) is 14.1. The van der Waals surface area contributed by atoms with Gasteiger partial charge in [0.1, 0.15) is 0 Å². The number of anilines is 1. The van der Waals surface area contributed by atoms with E-state index in [0.29, 0.717) is 42.2 Å². The Labute approximate surface area is 145 Å². The average molecular weight is 347 g/mol. The highest BCUT2D eigenvalue weighted by molar-refractivity contribution is 6.30. The van der Waals surface area contributed by atoms with Crippen molar-refractivity contribution in [2.45, 2.75) is 13.3 Å². The molecule has 1 aliphatic rings. The molecule has 1 fully saturated rings. The zero-order chi connectivity index (χ0) is 16.9. The van der Waals surface area contributed by atoms with Crippen molar-refractivity contribution in [1.82, 2.24) is 15.1 Å². The molecule has 2 aromatic rings. The molecule has 0 radical (unpaired) electrons. The van der Waals surface area contributed by atoms with Crippen LogP contribution in [0, 0.1) is 12.8 Å². The van der Waals surface area contributed by atoms with Gasteiger partial charge in [0.25, 0.3) is 0 Å². The Morgan fingerprint density at radius 1 is 1.38 bits per heavy atom. The Balaban J connectivity index is 1.47. The second-order valence-corrected chi connectivity index (χ2v) is 6.30. The number of ether oxygens (including phenoxy) is 1. The van der Waals surface area contributed by atoms with Crippen LogP contribution in [0.15, 0.2) is 36.4 Å². The molecular formula is C17H19ClN4O2. The van der Waals surface area contributed by atoms with E-state index in [1.54, 1.807) is 29.2 Å². The maximum atomic E-state index is 12.3. The van der Waals surface area contributed by atoms with Crippen molar-refractivity contribution in [3.63, 3.8) is 0 Å². The van der Waals surface area contributed by atoms with Crippen molar-refractivity contribution in [3.05, 3.63) is 47.1 Å². The van der Waals surface area contributed by atoms with Crippen molar-refractivity contribution >= 4 is 23.3 Å². The number of rotatable bonds is 4. The van der Waals surface area contributed by atoms with Gasteiger partial charge in [-0.25, -0.2) is 4.79 Å². The minimum Gasteiger partial charge on any atom is -0.476 e. The van der Waals surface area contributed by atoms with Gasteiger partial charge in [-0.15, -0.1) is 5.10 Å². The summed E-state index contributed by atoms with van der Waals surface area (Å²) in [5.41, 5.74) is 1.55. The molecule has 1 unspecified atom stereocenters. The fraction of sp³-hybridized carbons (Fsp3) is 0.353. The number of amides is 2. The standard InChI is InChI=1S/C17H19ClN4O2/c1-12-5-6-16(21-20-12)24-11-13-7-8-22(10-13)17(23)19-15-4-2-3-14(18)9-15/h2-6,9,13H,7-8,10-11H2,1H3,(H,19,23). The van der Waals surface area contributed by atoms with Gasteiger partial charge < -0.3 is 15.0 Å².